The van der Waals surface area contributed by atoms with Gasteiger partial charge in [-0.3, -0.25) is 4.79 Å². The third-order valence-electron chi connectivity index (χ3n) is 5.86. The van der Waals surface area contributed by atoms with Crippen molar-refractivity contribution < 1.29 is 41.7 Å². The predicted molar refractivity (Wildman–Crippen MR) is 123 cm³/mol. The number of carbonyl (C=O) groups excluding carboxylic acids is 2. The van der Waals surface area contributed by atoms with Crippen LogP contribution in [0.2, 0.25) is 0 Å². The summed E-state index contributed by atoms with van der Waals surface area (Å²) in [5.41, 5.74) is 3.92. The van der Waals surface area contributed by atoms with Gasteiger partial charge in [-0.2, -0.15) is 18.3 Å². The Labute approximate surface area is 212 Å². The highest BCUT2D eigenvalue weighted by atomic mass is 19.4. The third-order valence-corrected chi connectivity index (χ3v) is 5.86. The van der Waals surface area contributed by atoms with Crippen LogP contribution in [-0.2, 0) is 10.9 Å². The summed E-state index contributed by atoms with van der Waals surface area (Å²) in [4.78, 5) is 33.9. The molecule has 0 unspecified atom stereocenters. The Morgan fingerprint density at radius 3 is 2.68 bits per heavy atom. The van der Waals surface area contributed by atoms with Gasteiger partial charge < -0.3 is 30.5 Å². The molecule has 0 spiro atoms. The van der Waals surface area contributed by atoms with E-state index in [0.717, 1.165) is 21.8 Å². The number of halogens is 4. The van der Waals surface area contributed by atoms with E-state index in [0.29, 0.717) is 0 Å². The number of aromatic nitrogens is 4. The zero-order valence-corrected chi connectivity index (χ0v) is 20.1. The number of aliphatic hydroxyl groups excluding tert-OH is 1. The topological polar surface area (TPSA) is 157 Å². The number of carbonyl (C=O) groups is 2. The van der Waals surface area contributed by atoms with Crippen molar-refractivity contribution in [1.29, 1.82) is 0 Å². The molecule has 3 aromatic heterocycles. The first-order valence-corrected chi connectivity index (χ1v) is 11.2. The lowest BCUT2D eigenvalue weighted by atomic mass is 10.1. The summed E-state index contributed by atoms with van der Waals surface area (Å²) >= 11 is 0. The Balaban J connectivity index is 1.64. The Morgan fingerprint density at radius 1 is 1.29 bits per heavy atom. The van der Waals surface area contributed by atoms with Crippen LogP contribution in [0, 0.1) is 0 Å². The van der Waals surface area contributed by atoms with Gasteiger partial charge in [0, 0.05) is 18.3 Å². The molecule has 1 fully saturated rings. The number of amides is 2. The van der Waals surface area contributed by atoms with Gasteiger partial charge in [0.1, 0.15) is 29.7 Å². The van der Waals surface area contributed by atoms with E-state index in [1.165, 1.54) is 26.3 Å². The maximum absolute atomic E-state index is 14.7. The SMILES string of the molecule is COc1ncc(-c2cc(C(F)(F)F)c3c(N)ncnn23)cc1C(=O)N[C@@H]1CN(C(=O)O[C@@H](C)CO)C[C@@H]1F. The third kappa shape index (κ3) is 5.11. The van der Waals surface area contributed by atoms with Crippen molar-refractivity contribution >= 4 is 23.3 Å². The minimum atomic E-state index is -4.77. The van der Waals surface area contributed by atoms with Crippen molar-refractivity contribution in [2.24, 2.45) is 0 Å². The molecule has 1 aliphatic rings. The number of hydrogen-bond acceptors (Lipinski definition) is 9. The van der Waals surface area contributed by atoms with Gasteiger partial charge in [-0.25, -0.2) is 23.7 Å². The highest BCUT2D eigenvalue weighted by Crippen LogP contribution is 2.39. The quantitative estimate of drug-likeness (QED) is 0.395. The maximum Gasteiger partial charge on any atom is 0.418 e. The van der Waals surface area contributed by atoms with Crippen LogP contribution in [0.4, 0.5) is 28.2 Å². The second kappa shape index (κ2) is 10.3. The smallest absolute Gasteiger partial charge is 0.418 e. The lowest BCUT2D eigenvalue weighted by Crippen LogP contribution is -2.42. The number of pyridine rings is 1. The van der Waals surface area contributed by atoms with E-state index < -0.39 is 60.0 Å². The maximum atomic E-state index is 14.7. The lowest BCUT2D eigenvalue weighted by Gasteiger charge is -2.19. The van der Waals surface area contributed by atoms with E-state index in [1.54, 1.807) is 0 Å². The predicted octanol–water partition coefficient (Wildman–Crippen LogP) is 1.67. The van der Waals surface area contributed by atoms with E-state index >= 15 is 0 Å². The molecule has 4 N–H and O–H groups in total. The molecular weight excluding hydrogens is 518 g/mol. The summed E-state index contributed by atoms with van der Waals surface area (Å²) in [7, 11) is 1.23. The molecule has 0 saturated carbocycles. The number of fused-ring (bicyclic) bond motifs is 1. The normalized spacial score (nSPS) is 18.4. The largest absolute Gasteiger partial charge is 0.480 e. The molecule has 4 heterocycles. The highest BCUT2D eigenvalue weighted by molar-refractivity contribution is 5.98. The van der Waals surface area contributed by atoms with Crippen molar-refractivity contribution in [3.63, 3.8) is 0 Å². The van der Waals surface area contributed by atoms with Crippen LogP contribution >= 0.6 is 0 Å². The molecule has 0 aliphatic carbocycles. The molecule has 4 rings (SSSR count). The average Bonchev–Trinajstić information content (AvgIpc) is 3.45. The molecule has 1 saturated heterocycles. The number of nitrogen functional groups attached to an aromatic ring is 1. The zero-order chi connectivity index (χ0) is 27.8. The number of nitrogens with two attached hydrogens (primary N) is 1. The lowest BCUT2D eigenvalue weighted by molar-refractivity contribution is -0.136. The Hall–Kier alpha value is -4.21. The van der Waals surface area contributed by atoms with E-state index in [1.807, 2.05) is 0 Å². The first-order chi connectivity index (χ1) is 17.9. The minimum absolute atomic E-state index is 0.0611. The second-order valence-electron chi connectivity index (χ2n) is 8.51. The van der Waals surface area contributed by atoms with E-state index in [4.69, 9.17) is 20.3 Å². The fraction of sp³-hybridized carbons (Fsp3) is 0.409. The Bertz CT molecular complexity index is 1370. The van der Waals surface area contributed by atoms with Crippen molar-refractivity contribution in [2.45, 2.75) is 31.4 Å². The number of likely N-dealkylation sites (tertiary alicyclic amines) is 1. The molecule has 3 aromatic rings. The molecule has 16 heteroatoms. The number of hydrogen-bond donors (Lipinski definition) is 3. The van der Waals surface area contributed by atoms with Crippen LogP contribution in [0.15, 0.2) is 24.7 Å². The van der Waals surface area contributed by atoms with Gasteiger partial charge in [0.05, 0.1) is 37.6 Å². The van der Waals surface area contributed by atoms with Crippen molar-refractivity contribution in [2.75, 3.05) is 32.5 Å². The van der Waals surface area contributed by atoms with Crippen LogP contribution in [0.1, 0.15) is 22.8 Å². The van der Waals surface area contributed by atoms with Gasteiger partial charge in [-0.05, 0) is 19.1 Å². The van der Waals surface area contributed by atoms with E-state index in [9.17, 15) is 27.2 Å². The molecule has 3 atom stereocenters. The highest BCUT2D eigenvalue weighted by Gasteiger charge is 2.39. The first kappa shape index (κ1) is 26.8. The molecule has 12 nitrogen and oxygen atoms in total. The number of alkyl halides is 4. The number of methoxy groups -OCH3 is 1. The van der Waals surface area contributed by atoms with E-state index in [2.05, 4.69) is 20.4 Å². The number of aliphatic hydroxyl groups is 1. The average molecular weight is 541 g/mol. The Kier molecular flexibility index (Phi) is 7.26. The summed E-state index contributed by atoms with van der Waals surface area (Å²) in [6.07, 6.45) is -5.89. The van der Waals surface area contributed by atoms with Gasteiger partial charge in [0.25, 0.3) is 5.91 Å². The summed E-state index contributed by atoms with van der Waals surface area (Å²) in [5, 5.41) is 15.4. The molecule has 1 aliphatic heterocycles. The molecular formula is C22H23F4N7O5. The van der Waals surface area contributed by atoms with Crippen LogP contribution in [0.3, 0.4) is 0 Å². The molecule has 0 radical (unpaired) electrons. The molecule has 38 heavy (non-hydrogen) atoms. The second-order valence-corrected chi connectivity index (χ2v) is 8.51. The van der Waals surface area contributed by atoms with Crippen molar-refractivity contribution in [3.05, 3.63) is 35.8 Å². The van der Waals surface area contributed by atoms with Crippen molar-refractivity contribution in [3.8, 4) is 17.1 Å². The van der Waals surface area contributed by atoms with Gasteiger partial charge in [-0.15, -0.1) is 0 Å². The number of nitrogens with one attached hydrogen (secondary N) is 1. The standard InChI is InChI=1S/C22H23F4N7O5/c1-10(8-34)38-21(36)32-6-14(23)15(7-32)31-19(35)12-3-11(5-28-20(12)37-2)16-4-13(22(24,25)26)17-18(27)29-9-30-33(16)17/h3-5,9-10,14-15,34H,6-8H2,1-2H3,(H,31,35)(H2,27,29,30)/t10-,14-,15+/m0/s1. The van der Waals surface area contributed by atoms with Gasteiger partial charge in [0.2, 0.25) is 5.88 Å². The summed E-state index contributed by atoms with van der Waals surface area (Å²) < 4.78 is 66.7. The Morgan fingerprint density at radius 2 is 2.03 bits per heavy atom. The van der Waals surface area contributed by atoms with Gasteiger partial charge >= 0.3 is 12.3 Å². The van der Waals surface area contributed by atoms with E-state index in [-0.39, 0.29) is 35.8 Å². The van der Waals surface area contributed by atoms with Gasteiger partial charge in [-0.1, -0.05) is 0 Å². The van der Waals surface area contributed by atoms with Crippen LogP contribution < -0.4 is 15.8 Å². The number of ether oxygens (including phenoxy) is 2. The summed E-state index contributed by atoms with van der Waals surface area (Å²) in [6, 6.07) is 0.904. The fourth-order valence-electron chi connectivity index (χ4n) is 3.99. The monoisotopic (exact) mass is 541 g/mol. The zero-order valence-electron chi connectivity index (χ0n) is 20.1. The minimum Gasteiger partial charge on any atom is -0.480 e. The summed E-state index contributed by atoms with van der Waals surface area (Å²) in [6.45, 7) is 0.476. The van der Waals surface area contributed by atoms with Crippen molar-refractivity contribution in [1.82, 2.24) is 29.8 Å². The number of nitrogens with zero attached hydrogens (tertiary/aromatic N) is 5. The first-order valence-electron chi connectivity index (χ1n) is 11.2. The van der Waals surface area contributed by atoms with Crippen LogP contribution in [0.5, 0.6) is 5.88 Å². The molecule has 2 amide bonds. The number of anilines is 1. The number of rotatable bonds is 6. The van der Waals surface area contributed by atoms with Gasteiger partial charge in [0.15, 0.2) is 5.82 Å². The van der Waals surface area contributed by atoms with Crippen LogP contribution in [-0.4, -0.2) is 86.7 Å². The fourth-order valence-corrected chi connectivity index (χ4v) is 3.99. The summed E-state index contributed by atoms with van der Waals surface area (Å²) in [5.74, 6) is -1.41. The molecule has 0 bridgehead atoms. The van der Waals surface area contributed by atoms with Crippen LogP contribution in [0.25, 0.3) is 16.8 Å². The molecule has 0 aromatic carbocycles. The molecule has 204 valence electrons.